The molecule has 6 nitrogen and oxygen atoms in total. The molecule has 0 saturated heterocycles. The zero-order chi connectivity index (χ0) is 24.4. The smallest absolute Gasteiger partial charge is 0.406 e. The number of Topliss-reactive ketones (excluding diaryl/α,β-unsaturated/α-hetero) is 2. The number of alkyl halides is 5. The minimum absolute atomic E-state index is 0.0535. The maximum atomic E-state index is 13.7. The van der Waals surface area contributed by atoms with Crippen molar-refractivity contribution in [3.63, 3.8) is 0 Å². The van der Waals surface area contributed by atoms with Crippen LogP contribution in [-0.4, -0.2) is 38.8 Å². The maximum Gasteiger partial charge on any atom is 0.573 e. The Kier molecular flexibility index (Phi) is 6.96. The van der Waals surface area contributed by atoms with Gasteiger partial charge in [0.1, 0.15) is 5.75 Å². The summed E-state index contributed by atoms with van der Waals surface area (Å²) < 4.78 is 70.1. The molecule has 0 spiro atoms. The number of nitrogens with zero attached hydrogens (tertiary/aromatic N) is 3. The molecule has 3 aromatic rings. The summed E-state index contributed by atoms with van der Waals surface area (Å²) in [6.45, 7) is 1.14. The van der Waals surface area contributed by atoms with Gasteiger partial charge in [-0.3, -0.25) is 9.59 Å². The van der Waals surface area contributed by atoms with Gasteiger partial charge in [-0.1, -0.05) is 28.1 Å². The SMILES string of the molecule is CCC(F)(F)C(=O)CC(=O)c1ccc(Br)cc1-n1nncc1-c1ccc(OC(F)(F)F)cc1. The van der Waals surface area contributed by atoms with Gasteiger partial charge in [-0.15, -0.1) is 18.3 Å². The lowest BCUT2D eigenvalue weighted by atomic mass is 10.00. The van der Waals surface area contributed by atoms with Crippen LogP contribution in [0.2, 0.25) is 0 Å². The lowest BCUT2D eigenvalue weighted by molar-refractivity contribution is -0.274. The van der Waals surface area contributed by atoms with E-state index in [1.54, 1.807) is 0 Å². The first kappa shape index (κ1) is 24.5. The van der Waals surface area contributed by atoms with Gasteiger partial charge in [0, 0.05) is 22.0 Å². The quantitative estimate of drug-likeness (QED) is 0.209. The summed E-state index contributed by atoms with van der Waals surface area (Å²) >= 11 is 3.26. The molecule has 33 heavy (non-hydrogen) atoms. The number of aromatic nitrogens is 3. The summed E-state index contributed by atoms with van der Waals surface area (Å²) in [4.78, 5) is 24.6. The molecule has 0 saturated carbocycles. The third-order valence-electron chi connectivity index (χ3n) is 4.59. The first-order valence-corrected chi connectivity index (χ1v) is 10.2. The molecule has 0 fully saturated rings. The highest BCUT2D eigenvalue weighted by molar-refractivity contribution is 9.10. The number of halogens is 6. The fourth-order valence-electron chi connectivity index (χ4n) is 2.92. The van der Waals surface area contributed by atoms with Gasteiger partial charge in [0.15, 0.2) is 5.78 Å². The normalized spacial score (nSPS) is 12.0. The summed E-state index contributed by atoms with van der Waals surface area (Å²) in [5.41, 5.74) is 0.778. The number of carbonyl (C=O) groups excluding carboxylic acids is 2. The number of hydrogen-bond donors (Lipinski definition) is 0. The molecular weight excluding hydrogens is 517 g/mol. The monoisotopic (exact) mass is 531 g/mol. The van der Waals surface area contributed by atoms with Crippen LogP contribution in [0.3, 0.4) is 0 Å². The van der Waals surface area contributed by atoms with Crippen molar-refractivity contribution in [1.82, 2.24) is 15.0 Å². The van der Waals surface area contributed by atoms with E-state index in [1.807, 2.05) is 0 Å². The molecule has 0 bridgehead atoms. The van der Waals surface area contributed by atoms with Crippen LogP contribution in [0.5, 0.6) is 5.75 Å². The van der Waals surface area contributed by atoms with Crippen molar-refractivity contribution in [2.45, 2.75) is 32.1 Å². The summed E-state index contributed by atoms with van der Waals surface area (Å²) in [5, 5.41) is 7.71. The summed E-state index contributed by atoms with van der Waals surface area (Å²) in [6.07, 6.45) is -5.27. The van der Waals surface area contributed by atoms with E-state index in [9.17, 15) is 31.5 Å². The Morgan fingerprint density at radius 3 is 2.33 bits per heavy atom. The fraction of sp³-hybridized carbons (Fsp3) is 0.238. The summed E-state index contributed by atoms with van der Waals surface area (Å²) in [6, 6.07) is 9.19. The van der Waals surface area contributed by atoms with Crippen molar-refractivity contribution in [1.29, 1.82) is 0 Å². The molecule has 1 aromatic heterocycles. The van der Waals surface area contributed by atoms with Crippen molar-refractivity contribution in [2.24, 2.45) is 0 Å². The molecule has 12 heteroatoms. The van der Waals surface area contributed by atoms with E-state index in [0.717, 1.165) is 19.1 Å². The van der Waals surface area contributed by atoms with E-state index in [4.69, 9.17) is 0 Å². The van der Waals surface area contributed by atoms with E-state index in [1.165, 1.54) is 41.2 Å². The number of rotatable bonds is 8. The number of carbonyl (C=O) groups is 2. The zero-order valence-electron chi connectivity index (χ0n) is 16.9. The highest BCUT2D eigenvalue weighted by atomic mass is 79.9. The molecule has 174 valence electrons. The molecule has 0 aliphatic carbocycles. The standard InChI is InChI=1S/C21H15BrF5N3O3/c1-2-20(23,24)19(32)10-18(31)15-8-5-13(22)9-16(15)30-17(11-28-29-30)12-3-6-14(7-4-12)33-21(25,26)27/h3-9,11H,2,10H2,1H3. The number of hydrogen-bond acceptors (Lipinski definition) is 5. The third-order valence-corrected chi connectivity index (χ3v) is 5.09. The lowest BCUT2D eigenvalue weighted by Crippen LogP contribution is -2.29. The van der Waals surface area contributed by atoms with Gasteiger partial charge in [-0.25, -0.2) is 4.68 Å². The molecule has 3 rings (SSSR count). The average molecular weight is 532 g/mol. The number of ether oxygens (including phenoxy) is 1. The van der Waals surface area contributed by atoms with Gasteiger partial charge in [0.25, 0.3) is 0 Å². The van der Waals surface area contributed by atoms with Gasteiger partial charge in [-0.05, 0) is 42.5 Å². The van der Waals surface area contributed by atoms with Crippen molar-refractivity contribution in [3.05, 3.63) is 58.7 Å². The molecule has 0 aliphatic rings. The Morgan fingerprint density at radius 1 is 1.06 bits per heavy atom. The Balaban J connectivity index is 1.98. The second-order valence-corrected chi connectivity index (χ2v) is 7.76. The van der Waals surface area contributed by atoms with E-state index >= 15 is 0 Å². The second-order valence-electron chi connectivity index (χ2n) is 6.85. The van der Waals surface area contributed by atoms with Gasteiger partial charge >= 0.3 is 12.3 Å². The molecule has 0 N–H and O–H groups in total. The Labute approximate surface area is 192 Å². The largest absolute Gasteiger partial charge is 0.573 e. The van der Waals surface area contributed by atoms with Crippen LogP contribution < -0.4 is 4.74 Å². The van der Waals surface area contributed by atoms with Crippen LogP contribution in [-0.2, 0) is 4.79 Å². The fourth-order valence-corrected chi connectivity index (χ4v) is 3.27. The Bertz CT molecular complexity index is 1180. The average Bonchev–Trinajstić information content (AvgIpc) is 3.22. The summed E-state index contributed by atoms with van der Waals surface area (Å²) in [5.74, 6) is -6.39. The highest BCUT2D eigenvalue weighted by Crippen LogP contribution is 2.30. The molecule has 0 radical (unpaired) electrons. The molecule has 1 heterocycles. The molecule has 0 amide bonds. The van der Waals surface area contributed by atoms with E-state index < -0.39 is 42.4 Å². The van der Waals surface area contributed by atoms with Gasteiger partial charge < -0.3 is 4.74 Å². The van der Waals surface area contributed by atoms with E-state index in [-0.39, 0.29) is 11.3 Å². The van der Waals surface area contributed by atoms with Crippen LogP contribution in [0.15, 0.2) is 53.1 Å². The van der Waals surface area contributed by atoms with Crippen LogP contribution >= 0.6 is 15.9 Å². The Morgan fingerprint density at radius 2 is 1.73 bits per heavy atom. The van der Waals surface area contributed by atoms with Crippen LogP contribution in [0.25, 0.3) is 16.9 Å². The van der Waals surface area contributed by atoms with Crippen molar-refractivity contribution < 1.29 is 36.3 Å². The Hall–Kier alpha value is -3.15. The first-order valence-electron chi connectivity index (χ1n) is 9.42. The van der Waals surface area contributed by atoms with Crippen molar-refractivity contribution in [2.75, 3.05) is 0 Å². The van der Waals surface area contributed by atoms with Gasteiger partial charge in [0.05, 0.1) is 24.0 Å². The predicted molar refractivity (Wildman–Crippen MR) is 110 cm³/mol. The summed E-state index contributed by atoms with van der Waals surface area (Å²) in [7, 11) is 0. The second kappa shape index (κ2) is 9.38. The minimum Gasteiger partial charge on any atom is -0.406 e. The van der Waals surface area contributed by atoms with Crippen molar-refractivity contribution in [3.8, 4) is 22.7 Å². The number of ketones is 2. The predicted octanol–water partition coefficient (Wildman–Crippen LogP) is 5.78. The van der Waals surface area contributed by atoms with Crippen LogP contribution in [0.4, 0.5) is 22.0 Å². The molecule has 0 atom stereocenters. The topological polar surface area (TPSA) is 74.1 Å². The molecule has 0 aliphatic heterocycles. The highest BCUT2D eigenvalue weighted by Gasteiger charge is 2.37. The zero-order valence-corrected chi connectivity index (χ0v) is 18.5. The molecular formula is C21H15BrF5N3O3. The first-order chi connectivity index (χ1) is 15.4. The van der Waals surface area contributed by atoms with E-state index in [0.29, 0.717) is 15.7 Å². The van der Waals surface area contributed by atoms with Gasteiger partial charge in [-0.2, -0.15) is 8.78 Å². The van der Waals surface area contributed by atoms with Crippen LogP contribution in [0, 0.1) is 0 Å². The molecule has 2 aromatic carbocycles. The minimum atomic E-state index is -4.84. The van der Waals surface area contributed by atoms with Crippen LogP contribution in [0.1, 0.15) is 30.1 Å². The van der Waals surface area contributed by atoms with Crippen molar-refractivity contribution >= 4 is 27.5 Å². The van der Waals surface area contributed by atoms with Gasteiger partial charge in [0.2, 0.25) is 5.78 Å². The third kappa shape index (κ3) is 5.81. The maximum absolute atomic E-state index is 13.7. The number of benzene rings is 2. The lowest BCUT2D eigenvalue weighted by Gasteiger charge is -2.14. The van der Waals surface area contributed by atoms with E-state index in [2.05, 4.69) is 31.0 Å². The molecule has 0 unspecified atom stereocenters.